The summed E-state index contributed by atoms with van der Waals surface area (Å²) in [5.74, 6) is -0.498. The molecule has 0 saturated heterocycles. The highest BCUT2D eigenvalue weighted by Crippen LogP contribution is 2.37. The van der Waals surface area contributed by atoms with Gasteiger partial charge in [-0.15, -0.1) is 0 Å². The molecule has 2 heterocycles. The lowest BCUT2D eigenvalue weighted by Gasteiger charge is -2.14. The van der Waals surface area contributed by atoms with Crippen molar-refractivity contribution in [3.8, 4) is 10.6 Å². The number of anilines is 1. The van der Waals surface area contributed by atoms with E-state index in [1.807, 2.05) is 6.07 Å². The lowest BCUT2D eigenvalue weighted by molar-refractivity contribution is -0.117. The predicted octanol–water partition coefficient (Wildman–Crippen LogP) is 1.82. The van der Waals surface area contributed by atoms with Crippen molar-refractivity contribution >= 4 is 44.6 Å². The smallest absolute Gasteiger partial charge is 0.228 e. The standard InChI is InChI=1S/C12H12ClN3O3S2/c1-16(9(17)4-6-21(18)19)12-10(13)15-11(20-12)8-3-2-5-14-7-8/h2-3,5,7,21H,4,6H2,1H3. The molecule has 112 valence electrons. The summed E-state index contributed by atoms with van der Waals surface area (Å²) in [5, 5.41) is 1.35. The number of pyridine rings is 1. The van der Waals surface area contributed by atoms with Crippen molar-refractivity contribution in [2.75, 3.05) is 17.7 Å². The maximum atomic E-state index is 11.9. The molecular formula is C12H12ClN3O3S2. The van der Waals surface area contributed by atoms with Crippen LogP contribution in [0.2, 0.25) is 5.15 Å². The second-order valence-corrected chi connectivity index (χ2v) is 6.56. The van der Waals surface area contributed by atoms with Crippen LogP contribution in [0.25, 0.3) is 10.6 Å². The molecule has 6 nitrogen and oxygen atoms in total. The largest absolute Gasteiger partial charge is 0.304 e. The number of nitrogens with zero attached hydrogens (tertiary/aromatic N) is 3. The fraction of sp³-hybridized carbons (Fsp3) is 0.250. The van der Waals surface area contributed by atoms with Gasteiger partial charge in [0.25, 0.3) is 0 Å². The second-order valence-electron chi connectivity index (χ2n) is 4.12. The van der Waals surface area contributed by atoms with Gasteiger partial charge in [-0.1, -0.05) is 22.9 Å². The molecule has 0 saturated carbocycles. The minimum Gasteiger partial charge on any atom is -0.304 e. The Balaban J connectivity index is 2.21. The van der Waals surface area contributed by atoms with E-state index in [-0.39, 0.29) is 23.2 Å². The van der Waals surface area contributed by atoms with Crippen molar-refractivity contribution in [1.82, 2.24) is 9.97 Å². The highest BCUT2D eigenvalue weighted by Gasteiger charge is 2.19. The number of thiol groups is 1. The van der Waals surface area contributed by atoms with Crippen LogP contribution in [0.1, 0.15) is 6.42 Å². The maximum Gasteiger partial charge on any atom is 0.228 e. The van der Waals surface area contributed by atoms with Crippen LogP contribution >= 0.6 is 22.9 Å². The quantitative estimate of drug-likeness (QED) is 0.836. The molecule has 2 rings (SSSR count). The number of aromatic nitrogens is 2. The first kappa shape index (κ1) is 15.9. The monoisotopic (exact) mass is 345 g/mol. The summed E-state index contributed by atoms with van der Waals surface area (Å²) in [5.41, 5.74) is 0.805. The zero-order valence-electron chi connectivity index (χ0n) is 11.0. The number of rotatable bonds is 5. The molecule has 0 aromatic carbocycles. The lowest BCUT2D eigenvalue weighted by Crippen LogP contribution is -2.26. The van der Waals surface area contributed by atoms with Crippen LogP contribution in [-0.2, 0) is 15.5 Å². The number of halogens is 1. The van der Waals surface area contributed by atoms with Crippen LogP contribution in [0.15, 0.2) is 24.5 Å². The zero-order valence-corrected chi connectivity index (χ0v) is 13.5. The molecule has 0 spiro atoms. The molecule has 2 aromatic heterocycles. The first-order valence-electron chi connectivity index (χ1n) is 5.94. The molecule has 0 radical (unpaired) electrons. The molecule has 0 unspecified atom stereocenters. The van der Waals surface area contributed by atoms with Crippen LogP contribution < -0.4 is 4.90 Å². The highest BCUT2D eigenvalue weighted by molar-refractivity contribution is 7.72. The molecule has 0 N–H and O–H groups in total. The van der Waals surface area contributed by atoms with E-state index >= 15 is 0 Å². The Bertz CT molecular complexity index is 708. The van der Waals surface area contributed by atoms with Gasteiger partial charge in [-0.2, -0.15) is 0 Å². The Labute approximate surface area is 132 Å². The van der Waals surface area contributed by atoms with E-state index in [1.54, 1.807) is 25.5 Å². The van der Waals surface area contributed by atoms with Crippen LogP contribution in [0, 0.1) is 0 Å². The van der Waals surface area contributed by atoms with Crippen molar-refractivity contribution in [2.45, 2.75) is 6.42 Å². The van der Waals surface area contributed by atoms with Gasteiger partial charge in [0.2, 0.25) is 5.91 Å². The molecule has 0 bridgehead atoms. The molecule has 9 heteroatoms. The molecule has 1 amide bonds. The van der Waals surface area contributed by atoms with Crippen molar-refractivity contribution in [2.24, 2.45) is 0 Å². The number of carbonyl (C=O) groups excluding carboxylic acids is 1. The molecule has 0 aliphatic heterocycles. The first-order valence-corrected chi connectivity index (χ1v) is 8.50. The normalized spacial score (nSPS) is 10.8. The number of thiazole rings is 1. The van der Waals surface area contributed by atoms with E-state index < -0.39 is 10.7 Å². The van der Waals surface area contributed by atoms with Gasteiger partial charge in [0.1, 0.15) is 20.7 Å². The SMILES string of the molecule is CN(C(=O)CC[SH](=O)=O)c1sc(-c2cccnc2)nc1Cl. The Morgan fingerprint density at radius 2 is 2.24 bits per heavy atom. The van der Waals surface area contributed by atoms with Gasteiger partial charge in [-0.05, 0) is 12.1 Å². The van der Waals surface area contributed by atoms with Crippen molar-refractivity contribution in [3.63, 3.8) is 0 Å². The summed E-state index contributed by atoms with van der Waals surface area (Å²) in [4.78, 5) is 21.5. The zero-order chi connectivity index (χ0) is 15.4. The van der Waals surface area contributed by atoms with Crippen LogP contribution in [0.3, 0.4) is 0 Å². The topological polar surface area (TPSA) is 80.2 Å². The Kier molecular flexibility index (Phi) is 5.27. The fourth-order valence-electron chi connectivity index (χ4n) is 1.58. The molecular weight excluding hydrogens is 334 g/mol. The first-order chi connectivity index (χ1) is 9.99. The minimum absolute atomic E-state index is 0.0777. The number of carbonyl (C=O) groups is 1. The van der Waals surface area contributed by atoms with Crippen LogP contribution in [0.4, 0.5) is 5.00 Å². The Hall–Kier alpha value is -1.51. The lowest BCUT2D eigenvalue weighted by atomic mass is 10.3. The molecule has 0 fully saturated rings. The maximum absolute atomic E-state index is 11.9. The number of hydrogen-bond donors (Lipinski definition) is 1. The van der Waals surface area contributed by atoms with E-state index in [2.05, 4.69) is 9.97 Å². The summed E-state index contributed by atoms with van der Waals surface area (Å²) in [6.45, 7) is 0. The Morgan fingerprint density at radius 1 is 1.48 bits per heavy atom. The van der Waals surface area contributed by atoms with E-state index in [0.717, 1.165) is 5.56 Å². The molecule has 0 atom stereocenters. The summed E-state index contributed by atoms with van der Waals surface area (Å²) < 4.78 is 21.1. The fourth-order valence-corrected chi connectivity index (χ4v) is 3.26. The summed E-state index contributed by atoms with van der Waals surface area (Å²) >= 11 is 7.32. The second kappa shape index (κ2) is 6.97. The highest BCUT2D eigenvalue weighted by atomic mass is 35.5. The molecule has 21 heavy (non-hydrogen) atoms. The summed E-state index contributed by atoms with van der Waals surface area (Å²) in [6, 6.07) is 3.62. The van der Waals surface area contributed by atoms with Crippen molar-refractivity contribution < 1.29 is 13.2 Å². The van der Waals surface area contributed by atoms with Gasteiger partial charge in [0.15, 0.2) is 5.15 Å². The predicted molar refractivity (Wildman–Crippen MR) is 83.6 cm³/mol. The third-order valence-corrected chi connectivity index (χ3v) is 4.81. The van der Waals surface area contributed by atoms with E-state index in [4.69, 9.17) is 11.6 Å². The van der Waals surface area contributed by atoms with Gasteiger partial charge < -0.3 is 4.90 Å². The van der Waals surface area contributed by atoms with Gasteiger partial charge in [-0.3, -0.25) is 9.78 Å². The summed E-state index contributed by atoms with van der Waals surface area (Å²) in [7, 11) is -1.02. The van der Waals surface area contributed by atoms with E-state index in [9.17, 15) is 13.2 Å². The molecule has 0 aliphatic rings. The molecule has 0 aliphatic carbocycles. The number of amides is 1. The van der Waals surface area contributed by atoms with Gasteiger partial charge in [0.05, 0.1) is 5.75 Å². The third-order valence-electron chi connectivity index (χ3n) is 2.66. The van der Waals surface area contributed by atoms with Gasteiger partial charge >= 0.3 is 0 Å². The van der Waals surface area contributed by atoms with E-state index in [0.29, 0.717) is 10.0 Å². The average Bonchev–Trinajstić information content (AvgIpc) is 2.86. The third kappa shape index (κ3) is 3.99. The average molecular weight is 346 g/mol. The van der Waals surface area contributed by atoms with Gasteiger partial charge in [-0.25, -0.2) is 13.4 Å². The van der Waals surface area contributed by atoms with Gasteiger partial charge in [0, 0.05) is 31.4 Å². The van der Waals surface area contributed by atoms with Crippen LogP contribution in [-0.4, -0.2) is 37.1 Å². The minimum atomic E-state index is -2.57. The number of hydrogen-bond acceptors (Lipinski definition) is 6. The van der Waals surface area contributed by atoms with E-state index in [1.165, 1.54) is 16.2 Å². The Morgan fingerprint density at radius 3 is 2.86 bits per heavy atom. The van der Waals surface area contributed by atoms with Crippen molar-refractivity contribution in [1.29, 1.82) is 0 Å². The summed E-state index contributed by atoms with van der Waals surface area (Å²) in [6.07, 6.45) is 3.23. The van der Waals surface area contributed by atoms with Crippen molar-refractivity contribution in [3.05, 3.63) is 29.7 Å². The molecule has 2 aromatic rings. The van der Waals surface area contributed by atoms with Crippen LogP contribution in [0.5, 0.6) is 0 Å².